The monoisotopic (exact) mass is 382 g/mol. The number of ketones is 1. The topological polar surface area (TPSA) is 78.9 Å². The van der Waals surface area contributed by atoms with E-state index in [0.29, 0.717) is 5.02 Å². The Labute approximate surface area is 144 Å². The molecule has 6 nitrogen and oxygen atoms in total. The number of hydrogen-bond donors (Lipinski definition) is 0. The largest absolute Gasteiger partial charge is 0.457 e. The van der Waals surface area contributed by atoms with Gasteiger partial charge in [-0.25, -0.2) is 0 Å². The number of rotatable bonds is 9. The summed E-state index contributed by atoms with van der Waals surface area (Å²) >= 11 is 11.6. The minimum atomic E-state index is -3.55. The van der Waals surface area contributed by atoms with Gasteiger partial charge < -0.3 is 13.8 Å². The molecule has 0 N–H and O–H groups in total. The summed E-state index contributed by atoms with van der Waals surface area (Å²) in [6, 6.07) is 4.32. The van der Waals surface area contributed by atoms with Crippen molar-refractivity contribution in [3.8, 4) is 0 Å². The molecule has 23 heavy (non-hydrogen) atoms. The number of carbonyl (C=O) groups excluding carboxylic acids is 2. The third-order valence-electron chi connectivity index (χ3n) is 2.58. The fourth-order valence-electron chi connectivity index (χ4n) is 1.62. The molecule has 1 aromatic rings. The highest BCUT2D eigenvalue weighted by Crippen LogP contribution is 2.47. The first-order valence-electron chi connectivity index (χ1n) is 6.83. The normalized spacial score (nSPS) is 11.3. The number of carbonyl (C=O) groups is 2. The van der Waals surface area contributed by atoms with E-state index in [9.17, 15) is 14.2 Å². The van der Waals surface area contributed by atoms with Crippen LogP contribution in [0.25, 0.3) is 0 Å². The lowest BCUT2D eigenvalue weighted by atomic mass is 10.1. The van der Waals surface area contributed by atoms with Gasteiger partial charge in [-0.1, -0.05) is 23.2 Å². The van der Waals surface area contributed by atoms with Gasteiger partial charge in [-0.2, -0.15) is 0 Å². The molecule has 1 aromatic carbocycles. The van der Waals surface area contributed by atoms with Crippen LogP contribution in [0, 0.1) is 0 Å². The van der Waals surface area contributed by atoms with Crippen molar-refractivity contribution in [1.82, 2.24) is 0 Å². The van der Waals surface area contributed by atoms with Crippen molar-refractivity contribution in [1.29, 1.82) is 0 Å². The Morgan fingerprint density at radius 2 is 1.70 bits per heavy atom. The summed E-state index contributed by atoms with van der Waals surface area (Å²) in [5.41, 5.74) is 0.255. The molecule has 0 radical (unpaired) electrons. The second kappa shape index (κ2) is 9.40. The standard InChI is InChI=1S/C14H17Cl2O6P/c1-3-21-23(19,22-4-2)9-14(18)20-8-13(17)10-5-6-11(15)12(16)7-10/h5-7H,3-4,8-9H2,1-2H3. The molecule has 128 valence electrons. The third kappa shape index (κ3) is 6.61. The van der Waals surface area contributed by atoms with Crippen LogP contribution in [0.1, 0.15) is 24.2 Å². The number of ether oxygens (including phenoxy) is 1. The van der Waals surface area contributed by atoms with E-state index in [0.717, 1.165) is 0 Å². The van der Waals surface area contributed by atoms with Gasteiger partial charge in [0.2, 0.25) is 0 Å². The van der Waals surface area contributed by atoms with Crippen LogP contribution in [-0.4, -0.2) is 37.7 Å². The van der Waals surface area contributed by atoms with Crippen LogP contribution in [0.2, 0.25) is 10.0 Å². The van der Waals surface area contributed by atoms with Crippen LogP contribution in [0.4, 0.5) is 0 Å². The molecule has 0 aromatic heterocycles. The number of esters is 1. The highest BCUT2D eigenvalue weighted by molar-refractivity contribution is 7.54. The molecule has 0 atom stereocenters. The number of halogens is 2. The lowest BCUT2D eigenvalue weighted by Crippen LogP contribution is -2.18. The van der Waals surface area contributed by atoms with Crippen molar-refractivity contribution in [2.45, 2.75) is 13.8 Å². The van der Waals surface area contributed by atoms with Crippen molar-refractivity contribution >= 4 is 42.6 Å². The Morgan fingerprint density at radius 1 is 1.09 bits per heavy atom. The van der Waals surface area contributed by atoms with E-state index in [1.54, 1.807) is 13.8 Å². The fourth-order valence-corrected chi connectivity index (χ4v) is 3.37. The van der Waals surface area contributed by atoms with Gasteiger partial charge in [0.15, 0.2) is 12.4 Å². The smallest absolute Gasteiger partial charge is 0.341 e. The van der Waals surface area contributed by atoms with Crippen LogP contribution in [0.3, 0.4) is 0 Å². The predicted octanol–water partition coefficient (Wildman–Crippen LogP) is 3.99. The Hall–Kier alpha value is -0.910. The zero-order chi connectivity index (χ0) is 17.5. The van der Waals surface area contributed by atoms with Gasteiger partial charge >= 0.3 is 13.6 Å². The van der Waals surface area contributed by atoms with E-state index in [2.05, 4.69) is 0 Å². The van der Waals surface area contributed by atoms with Gasteiger partial charge in [0.05, 0.1) is 23.3 Å². The molecule has 0 amide bonds. The zero-order valence-corrected chi connectivity index (χ0v) is 15.1. The summed E-state index contributed by atoms with van der Waals surface area (Å²) in [6.07, 6.45) is -0.552. The van der Waals surface area contributed by atoms with E-state index in [1.165, 1.54) is 18.2 Å². The van der Waals surface area contributed by atoms with Gasteiger partial charge in [0.25, 0.3) is 0 Å². The molecule has 0 aliphatic carbocycles. The molecule has 0 unspecified atom stereocenters. The van der Waals surface area contributed by atoms with E-state index < -0.39 is 32.1 Å². The summed E-state index contributed by atoms with van der Waals surface area (Å²) in [5.74, 6) is -1.30. The molecule has 0 heterocycles. The molecule has 0 saturated heterocycles. The van der Waals surface area contributed by atoms with Gasteiger partial charge in [-0.15, -0.1) is 0 Å². The van der Waals surface area contributed by atoms with Gasteiger partial charge in [0, 0.05) is 5.56 Å². The average Bonchev–Trinajstić information content (AvgIpc) is 2.47. The van der Waals surface area contributed by atoms with Gasteiger partial charge in [-0.05, 0) is 32.0 Å². The molecule has 9 heteroatoms. The van der Waals surface area contributed by atoms with Crippen molar-refractivity contribution in [3.63, 3.8) is 0 Å². The van der Waals surface area contributed by atoms with Crippen LogP contribution in [0.5, 0.6) is 0 Å². The molecular weight excluding hydrogens is 366 g/mol. The highest BCUT2D eigenvalue weighted by Gasteiger charge is 2.29. The lowest BCUT2D eigenvalue weighted by Gasteiger charge is -2.15. The summed E-state index contributed by atoms with van der Waals surface area (Å²) in [5, 5.41) is 0.538. The maximum absolute atomic E-state index is 12.2. The van der Waals surface area contributed by atoms with E-state index in [-0.39, 0.29) is 23.8 Å². The molecular formula is C14H17Cl2O6P. The minimum absolute atomic E-state index is 0.132. The second-order valence-corrected chi connectivity index (χ2v) is 7.19. The quantitative estimate of drug-likeness (QED) is 0.365. The van der Waals surface area contributed by atoms with Crippen molar-refractivity contribution < 1.29 is 27.9 Å². The zero-order valence-electron chi connectivity index (χ0n) is 12.7. The summed E-state index contributed by atoms with van der Waals surface area (Å²) in [7, 11) is -3.55. The Kier molecular flexibility index (Phi) is 8.23. The number of benzene rings is 1. The van der Waals surface area contributed by atoms with E-state index >= 15 is 0 Å². The molecule has 1 rings (SSSR count). The Bertz CT molecular complexity index is 609. The van der Waals surface area contributed by atoms with Crippen LogP contribution in [0.15, 0.2) is 18.2 Å². The predicted molar refractivity (Wildman–Crippen MR) is 87.5 cm³/mol. The minimum Gasteiger partial charge on any atom is -0.457 e. The first-order chi connectivity index (χ1) is 10.8. The molecule has 0 saturated carbocycles. The molecule has 0 aliphatic rings. The first-order valence-corrected chi connectivity index (χ1v) is 9.31. The highest BCUT2D eigenvalue weighted by atomic mass is 35.5. The maximum atomic E-state index is 12.2. The number of hydrogen-bond acceptors (Lipinski definition) is 6. The summed E-state index contributed by atoms with van der Waals surface area (Å²) in [4.78, 5) is 23.6. The first kappa shape index (κ1) is 20.1. The van der Waals surface area contributed by atoms with E-state index in [1.807, 2.05) is 0 Å². The second-order valence-electron chi connectivity index (χ2n) is 4.32. The average molecular weight is 383 g/mol. The molecule has 0 spiro atoms. The van der Waals surface area contributed by atoms with E-state index in [4.69, 9.17) is 37.0 Å². The van der Waals surface area contributed by atoms with Crippen molar-refractivity contribution in [3.05, 3.63) is 33.8 Å². The Balaban J connectivity index is 2.59. The summed E-state index contributed by atoms with van der Waals surface area (Å²) in [6.45, 7) is 3.02. The SMILES string of the molecule is CCOP(=O)(CC(=O)OCC(=O)c1ccc(Cl)c(Cl)c1)OCC. The van der Waals surface area contributed by atoms with Crippen LogP contribution in [-0.2, 0) is 23.1 Å². The molecule has 0 aliphatic heterocycles. The number of Topliss-reactive ketones (excluding diaryl/α,β-unsaturated/α-hetero) is 1. The van der Waals surface area contributed by atoms with Gasteiger partial charge in [-0.3, -0.25) is 14.2 Å². The maximum Gasteiger partial charge on any atom is 0.341 e. The van der Waals surface area contributed by atoms with Crippen molar-refractivity contribution in [2.75, 3.05) is 26.0 Å². The summed E-state index contributed by atoms with van der Waals surface area (Å²) < 4.78 is 26.9. The third-order valence-corrected chi connectivity index (χ3v) is 5.27. The molecule has 0 bridgehead atoms. The Morgan fingerprint density at radius 3 is 2.22 bits per heavy atom. The molecule has 0 fully saturated rings. The van der Waals surface area contributed by atoms with Crippen LogP contribution < -0.4 is 0 Å². The van der Waals surface area contributed by atoms with Crippen LogP contribution >= 0.6 is 30.8 Å². The van der Waals surface area contributed by atoms with Crippen molar-refractivity contribution in [2.24, 2.45) is 0 Å². The van der Waals surface area contributed by atoms with Gasteiger partial charge in [0.1, 0.15) is 6.16 Å². The fraction of sp³-hybridized carbons (Fsp3) is 0.429. The lowest BCUT2D eigenvalue weighted by molar-refractivity contribution is -0.139.